The first kappa shape index (κ1) is 15.7. The van der Waals surface area contributed by atoms with Crippen molar-refractivity contribution in [3.63, 3.8) is 0 Å². The predicted molar refractivity (Wildman–Crippen MR) is 77.5 cm³/mol. The van der Waals surface area contributed by atoms with Crippen LogP contribution in [0.1, 0.15) is 19.5 Å². The summed E-state index contributed by atoms with van der Waals surface area (Å²) in [7, 11) is -2.11. The van der Waals surface area contributed by atoms with Gasteiger partial charge in [-0.15, -0.1) is 0 Å². The van der Waals surface area contributed by atoms with Gasteiger partial charge in [0.2, 0.25) is 5.91 Å². The molecule has 1 aromatic rings. The first-order valence-corrected chi connectivity index (χ1v) is 8.63. The van der Waals surface area contributed by atoms with E-state index in [2.05, 4.69) is 4.98 Å². The molecule has 9 heteroatoms. The number of halogens is 1. The predicted octanol–water partition coefficient (Wildman–Crippen LogP) is 1.35. The number of carbonyl (C=O) groups excluding carboxylic acids is 1. The van der Waals surface area contributed by atoms with E-state index in [4.69, 9.17) is 11.6 Å². The molecule has 6 nitrogen and oxygen atoms in total. The Balaban J connectivity index is 2.50. The van der Waals surface area contributed by atoms with Gasteiger partial charge >= 0.3 is 0 Å². The van der Waals surface area contributed by atoms with Crippen molar-refractivity contribution in [3.05, 3.63) is 10.2 Å². The number of aromatic nitrogens is 1. The van der Waals surface area contributed by atoms with Gasteiger partial charge in [-0.3, -0.25) is 4.79 Å². The van der Waals surface area contributed by atoms with Crippen LogP contribution in [0.15, 0.2) is 4.21 Å². The van der Waals surface area contributed by atoms with Gasteiger partial charge in [0.1, 0.15) is 5.54 Å². The minimum absolute atomic E-state index is 0.105. The Morgan fingerprint density at radius 1 is 1.35 bits per heavy atom. The average Bonchev–Trinajstić information content (AvgIpc) is 2.66. The van der Waals surface area contributed by atoms with Crippen LogP contribution in [0.5, 0.6) is 0 Å². The highest BCUT2D eigenvalue weighted by Crippen LogP contribution is 2.34. The lowest BCUT2D eigenvalue weighted by Gasteiger charge is -2.43. The number of hydrogen-bond donors (Lipinski definition) is 0. The van der Waals surface area contributed by atoms with E-state index in [-0.39, 0.29) is 21.1 Å². The van der Waals surface area contributed by atoms with Gasteiger partial charge in [0, 0.05) is 20.1 Å². The van der Waals surface area contributed by atoms with E-state index in [9.17, 15) is 13.2 Å². The van der Waals surface area contributed by atoms with Crippen LogP contribution in [0.3, 0.4) is 0 Å². The van der Waals surface area contributed by atoms with Crippen molar-refractivity contribution < 1.29 is 13.2 Å². The number of likely N-dealkylation sites (N-methyl/N-ethyl adjacent to an activating group) is 1. The number of carbonyl (C=O) groups is 1. The normalized spacial score (nSPS) is 20.4. The second kappa shape index (κ2) is 4.94. The fraction of sp³-hybridized carbons (Fsp3) is 0.636. The zero-order chi connectivity index (χ0) is 15.3. The second-order valence-corrected chi connectivity index (χ2v) is 8.84. The van der Waals surface area contributed by atoms with E-state index in [0.29, 0.717) is 12.2 Å². The van der Waals surface area contributed by atoms with Crippen molar-refractivity contribution in [2.24, 2.45) is 0 Å². The fourth-order valence-electron chi connectivity index (χ4n) is 2.31. The Labute approximate surface area is 127 Å². The molecular weight excluding hydrogens is 322 g/mol. The highest BCUT2D eigenvalue weighted by atomic mass is 35.5. The summed E-state index contributed by atoms with van der Waals surface area (Å²) in [6.45, 7) is 5.45. The molecule has 2 rings (SSSR count). The molecule has 0 bridgehead atoms. The van der Waals surface area contributed by atoms with E-state index in [1.54, 1.807) is 32.7 Å². The molecule has 0 N–H and O–H groups in total. The third kappa shape index (κ3) is 2.34. The molecule has 112 valence electrons. The van der Waals surface area contributed by atoms with E-state index >= 15 is 0 Å². The molecule has 0 aromatic carbocycles. The summed E-state index contributed by atoms with van der Waals surface area (Å²) in [5.41, 5.74) is -0.753. The minimum atomic E-state index is -3.78. The molecule has 1 aliphatic rings. The summed E-state index contributed by atoms with van der Waals surface area (Å²) < 4.78 is 27.0. The van der Waals surface area contributed by atoms with Crippen LogP contribution in [-0.4, -0.2) is 54.2 Å². The van der Waals surface area contributed by atoms with E-state index in [0.717, 1.165) is 11.3 Å². The molecular formula is C11H16ClN3O3S2. The van der Waals surface area contributed by atoms with Gasteiger partial charge in [-0.05, 0) is 20.8 Å². The summed E-state index contributed by atoms with van der Waals surface area (Å²) in [6, 6.07) is 0. The third-order valence-electron chi connectivity index (χ3n) is 3.38. The van der Waals surface area contributed by atoms with Crippen LogP contribution in [0.25, 0.3) is 0 Å². The number of piperazine rings is 1. The number of thiazole rings is 1. The highest BCUT2D eigenvalue weighted by molar-refractivity contribution is 7.91. The molecule has 1 aromatic heterocycles. The molecule has 0 atom stereocenters. The van der Waals surface area contributed by atoms with Crippen LogP contribution >= 0.6 is 22.9 Å². The Morgan fingerprint density at radius 2 is 1.95 bits per heavy atom. The van der Waals surface area contributed by atoms with Crippen molar-refractivity contribution in [1.82, 2.24) is 14.2 Å². The smallest absolute Gasteiger partial charge is 0.255 e. The molecule has 1 saturated heterocycles. The molecule has 2 heterocycles. The summed E-state index contributed by atoms with van der Waals surface area (Å²) in [4.78, 5) is 17.7. The lowest BCUT2D eigenvalue weighted by Crippen LogP contribution is -2.63. The summed E-state index contributed by atoms with van der Waals surface area (Å²) in [5.74, 6) is -0.222. The van der Waals surface area contributed by atoms with E-state index < -0.39 is 15.6 Å². The van der Waals surface area contributed by atoms with Crippen molar-refractivity contribution in [2.45, 2.75) is 30.5 Å². The first-order chi connectivity index (χ1) is 9.08. The summed E-state index contributed by atoms with van der Waals surface area (Å²) in [5, 5.41) is 0. The van der Waals surface area contributed by atoms with Crippen molar-refractivity contribution in [3.8, 4) is 0 Å². The lowest BCUT2D eigenvalue weighted by molar-refractivity contribution is -0.142. The van der Waals surface area contributed by atoms with Crippen LogP contribution in [-0.2, 0) is 14.8 Å². The molecule has 1 fully saturated rings. The molecule has 1 amide bonds. The Hall–Kier alpha value is -0.700. The Bertz CT molecular complexity index is 654. The van der Waals surface area contributed by atoms with Crippen LogP contribution in [0.4, 0.5) is 0 Å². The number of aryl methyl sites for hydroxylation is 1. The van der Waals surface area contributed by atoms with Crippen molar-refractivity contribution in [1.29, 1.82) is 0 Å². The van der Waals surface area contributed by atoms with Gasteiger partial charge in [-0.2, -0.15) is 4.31 Å². The molecule has 0 saturated carbocycles. The molecule has 0 aliphatic carbocycles. The average molecular weight is 338 g/mol. The Kier molecular flexibility index (Phi) is 3.87. The topological polar surface area (TPSA) is 70.6 Å². The quantitative estimate of drug-likeness (QED) is 0.816. The molecule has 0 spiro atoms. The maximum Gasteiger partial charge on any atom is 0.255 e. The van der Waals surface area contributed by atoms with Crippen molar-refractivity contribution in [2.75, 3.05) is 20.1 Å². The highest BCUT2D eigenvalue weighted by Gasteiger charge is 2.47. The molecule has 0 unspecified atom stereocenters. The van der Waals surface area contributed by atoms with Crippen LogP contribution in [0.2, 0.25) is 4.47 Å². The number of sulfonamides is 1. The van der Waals surface area contributed by atoms with Crippen LogP contribution in [0, 0.1) is 6.92 Å². The zero-order valence-electron chi connectivity index (χ0n) is 11.7. The first-order valence-electron chi connectivity index (χ1n) is 6.00. The van der Waals surface area contributed by atoms with Gasteiger partial charge in [0.05, 0.1) is 5.69 Å². The standard InChI is InChI=1S/C11H16ClN3O3S2/c1-7-8(19-10(12)13-7)20(17,18)15-6-5-14(4)9(16)11(15,2)3/h5-6H2,1-4H3. The van der Waals surface area contributed by atoms with Crippen molar-refractivity contribution >= 4 is 38.9 Å². The minimum Gasteiger partial charge on any atom is -0.343 e. The van der Waals surface area contributed by atoms with Gasteiger partial charge in [-0.25, -0.2) is 13.4 Å². The monoisotopic (exact) mass is 337 g/mol. The number of nitrogens with zero attached hydrogens (tertiary/aromatic N) is 3. The SMILES string of the molecule is Cc1nc(Cl)sc1S(=O)(=O)N1CCN(C)C(=O)C1(C)C. The Morgan fingerprint density at radius 3 is 2.45 bits per heavy atom. The molecule has 20 heavy (non-hydrogen) atoms. The second-order valence-electron chi connectivity index (χ2n) is 5.20. The van der Waals surface area contributed by atoms with Gasteiger partial charge in [0.15, 0.2) is 8.68 Å². The van der Waals surface area contributed by atoms with E-state index in [1.807, 2.05) is 0 Å². The van der Waals surface area contributed by atoms with Gasteiger partial charge < -0.3 is 4.90 Å². The maximum atomic E-state index is 12.8. The van der Waals surface area contributed by atoms with Gasteiger partial charge in [-0.1, -0.05) is 22.9 Å². The summed E-state index contributed by atoms with van der Waals surface area (Å²) in [6.07, 6.45) is 0. The van der Waals surface area contributed by atoms with Crippen LogP contribution < -0.4 is 0 Å². The van der Waals surface area contributed by atoms with E-state index in [1.165, 1.54) is 4.31 Å². The zero-order valence-corrected chi connectivity index (χ0v) is 14.1. The van der Waals surface area contributed by atoms with Gasteiger partial charge in [0.25, 0.3) is 10.0 Å². The number of hydrogen-bond acceptors (Lipinski definition) is 5. The maximum absolute atomic E-state index is 12.8. The lowest BCUT2D eigenvalue weighted by atomic mass is 10.0. The third-order valence-corrected chi connectivity index (χ3v) is 7.31. The summed E-state index contributed by atoms with van der Waals surface area (Å²) >= 11 is 6.70. The molecule has 1 aliphatic heterocycles. The number of amides is 1. The largest absolute Gasteiger partial charge is 0.343 e. The fourth-order valence-corrected chi connectivity index (χ4v) is 5.88. The molecule has 0 radical (unpaired) electrons. The number of rotatable bonds is 2.